The van der Waals surface area contributed by atoms with Crippen LogP contribution in [0.3, 0.4) is 0 Å². The number of hydrogen-bond acceptors (Lipinski definition) is 4. The molecule has 0 bridgehead atoms. The lowest BCUT2D eigenvalue weighted by Gasteiger charge is -2.35. The number of amides is 1. The Balaban J connectivity index is 1.85. The van der Waals surface area contributed by atoms with Crippen LogP contribution in [0.25, 0.3) is 0 Å². The molecule has 0 saturated carbocycles. The molecule has 1 aromatic rings. The summed E-state index contributed by atoms with van der Waals surface area (Å²) in [4.78, 5) is 23.4. The van der Waals surface area contributed by atoms with E-state index in [0.29, 0.717) is 6.04 Å². The summed E-state index contributed by atoms with van der Waals surface area (Å²) >= 11 is 0. The Hall–Kier alpha value is -2.12. The van der Waals surface area contributed by atoms with E-state index >= 15 is 0 Å². The van der Waals surface area contributed by atoms with Crippen LogP contribution >= 0.6 is 0 Å². The van der Waals surface area contributed by atoms with E-state index in [1.165, 1.54) is 0 Å². The Morgan fingerprint density at radius 2 is 1.93 bits per heavy atom. The summed E-state index contributed by atoms with van der Waals surface area (Å²) in [5, 5.41) is 6.75. The normalized spacial score (nSPS) is 17.1. The van der Waals surface area contributed by atoms with Gasteiger partial charge in [-0.3, -0.25) is 14.7 Å². The van der Waals surface area contributed by atoms with Crippen molar-refractivity contribution < 1.29 is 4.79 Å². The van der Waals surface area contributed by atoms with Crippen LogP contribution in [-0.2, 0) is 6.42 Å². The van der Waals surface area contributed by atoms with Gasteiger partial charge in [-0.2, -0.15) is 0 Å². The second kappa shape index (κ2) is 11.8. The van der Waals surface area contributed by atoms with Crippen molar-refractivity contribution in [2.75, 3.05) is 67.0 Å². The van der Waals surface area contributed by atoms with Gasteiger partial charge in [0.25, 0.3) is 5.91 Å². The van der Waals surface area contributed by atoms with E-state index in [4.69, 9.17) is 4.99 Å². The number of rotatable bonds is 8. The Kier molecular flexibility index (Phi) is 9.41. The van der Waals surface area contributed by atoms with Crippen LogP contribution in [-0.4, -0.2) is 99.6 Å². The molecule has 0 spiro atoms. The molecule has 2 rings (SSSR count). The quantitative estimate of drug-likeness (QED) is 0.504. The van der Waals surface area contributed by atoms with Gasteiger partial charge in [-0.1, -0.05) is 12.1 Å². The number of guanidine groups is 1. The highest BCUT2D eigenvalue weighted by molar-refractivity contribution is 5.94. The summed E-state index contributed by atoms with van der Waals surface area (Å²) in [5.74, 6) is 0.890. The van der Waals surface area contributed by atoms with Gasteiger partial charge in [0.05, 0.1) is 6.54 Å². The summed E-state index contributed by atoms with van der Waals surface area (Å²) in [7, 11) is 5.73. The van der Waals surface area contributed by atoms with Gasteiger partial charge in [0.2, 0.25) is 0 Å². The third-order valence-electron chi connectivity index (χ3n) is 5.31. The van der Waals surface area contributed by atoms with Gasteiger partial charge in [-0.15, -0.1) is 0 Å². The van der Waals surface area contributed by atoms with Crippen LogP contribution in [0.2, 0.25) is 0 Å². The van der Waals surface area contributed by atoms with Crippen molar-refractivity contribution in [3.8, 4) is 0 Å². The summed E-state index contributed by atoms with van der Waals surface area (Å²) < 4.78 is 0. The van der Waals surface area contributed by atoms with Crippen molar-refractivity contribution in [1.82, 2.24) is 25.3 Å². The molecule has 1 aliphatic rings. The minimum absolute atomic E-state index is 0.0348. The number of carbonyl (C=O) groups excluding carboxylic acids is 1. The highest BCUT2D eigenvalue weighted by Crippen LogP contribution is 2.08. The fourth-order valence-corrected chi connectivity index (χ4v) is 3.39. The smallest absolute Gasteiger partial charge is 0.253 e. The van der Waals surface area contributed by atoms with E-state index in [-0.39, 0.29) is 5.91 Å². The summed E-state index contributed by atoms with van der Waals surface area (Å²) in [6, 6.07) is 8.29. The molecule has 7 nitrogen and oxygen atoms in total. The van der Waals surface area contributed by atoms with Crippen molar-refractivity contribution in [3.63, 3.8) is 0 Å². The maximum atomic E-state index is 12.1. The van der Waals surface area contributed by atoms with E-state index in [1.807, 2.05) is 18.2 Å². The van der Waals surface area contributed by atoms with Crippen LogP contribution in [0, 0.1) is 0 Å². The van der Waals surface area contributed by atoms with Gasteiger partial charge in [0.1, 0.15) is 0 Å². The molecule has 1 heterocycles. The summed E-state index contributed by atoms with van der Waals surface area (Å²) in [5.41, 5.74) is 1.88. The monoisotopic (exact) mass is 402 g/mol. The summed E-state index contributed by atoms with van der Waals surface area (Å²) in [6.07, 6.45) is 0.840. The first-order valence-corrected chi connectivity index (χ1v) is 10.7. The lowest BCUT2D eigenvalue weighted by Crippen LogP contribution is -2.49. The van der Waals surface area contributed by atoms with Crippen LogP contribution < -0.4 is 10.6 Å². The first-order valence-electron chi connectivity index (χ1n) is 10.7. The molecule has 1 atom stereocenters. The molecule has 1 unspecified atom stereocenters. The first kappa shape index (κ1) is 23.2. The van der Waals surface area contributed by atoms with Crippen molar-refractivity contribution in [1.29, 1.82) is 0 Å². The Labute approximate surface area is 176 Å². The van der Waals surface area contributed by atoms with Gasteiger partial charge in [0, 0.05) is 65.0 Å². The average Bonchev–Trinajstić information content (AvgIpc) is 2.72. The zero-order valence-electron chi connectivity index (χ0n) is 18.7. The minimum Gasteiger partial charge on any atom is -0.357 e. The number of aliphatic imine (C=N–C) groups is 1. The molecule has 7 heteroatoms. The third-order valence-corrected chi connectivity index (χ3v) is 5.31. The molecule has 0 aromatic heterocycles. The predicted octanol–water partition coefficient (Wildman–Crippen LogP) is 1.12. The fraction of sp³-hybridized carbons (Fsp3) is 0.636. The number of nitrogens with zero attached hydrogens (tertiary/aromatic N) is 4. The molecular weight excluding hydrogens is 364 g/mol. The number of carbonyl (C=O) groups is 1. The Morgan fingerprint density at radius 1 is 1.21 bits per heavy atom. The highest BCUT2D eigenvalue weighted by Gasteiger charge is 2.18. The zero-order valence-corrected chi connectivity index (χ0v) is 18.7. The molecule has 29 heavy (non-hydrogen) atoms. The maximum absolute atomic E-state index is 12.1. The van der Waals surface area contributed by atoms with Crippen molar-refractivity contribution >= 4 is 11.9 Å². The molecule has 0 radical (unpaired) electrons. The fourth-order valence-electron chi connectivity index (χ4n) is 3.39. The molecule has 162 valence electrons. The third kappa shape index (κ3) is 7.66. The molecule has 1 aromatic carbocycles. The second-order valence-electron chi connectivity index (χ2n) is 7.98. The predicted molar refractivity (Wildman–Crippen MR) is 121 cm³/mol. The topological polar surface area (TPSA) is 63.2 Å². The molecule has 0 aliphatic carbocycles. The van der Waals surface area contributed by atoms with E-state index < -0.39 is 0 Å². The standard InChI is InChI=1S/C22H38N6O/c1-6-23-22(25-17-18(2)28-14-12-27(5)13-15-28)24-11-10-19-8-7-9-20(16-19)21(29)26(3)4/h7-9,16,18H,6,10-15,17H2,1-5H3,(H2,23,24,25). The first-order chi connectivity index (χ1) is 13.9. The molecular formula is C22H38N6O. The number of likely N-dealkylation sites (N-methyl/N-ethyl adjacent to an activating group) is 1. The van der Waals surface area contributed by atoms with Crippen molar-refractivity contribution in [3.05, 3.63) is 35.4 Å². The van der Waals surface area contributed by atoms with E-state index in [9.17, 15) is 4.79 Å². The lowest BCUT2D eigenvalue weighted by atomic mass is 10.1. The minimum atomic E-state index is 0.0348. The number of piperazine rings is 1. The van der Waals surface area contributed by atoms with Gasteiger partial charge in [-0.25, -0.2) is 0 Å². The number of benzene rings is 1. The molecule has 1 aliphatic heterocycles. The van der Waals surface area contributed by atoms with Crippen LogP contribution in [0.15, 0.2) is 29.3 Å². The SMILES string of the molecule is CCNC(=NCC(C)N1CCN(C)CC1)NCCc1cccc(C(=O)N(C)C)c1. The van der Waals surface area contributed by atoms with Gasteiger partial charge < -0.3 is 20.4 Å². The van der Waals surface area contributed by atoms with Gasteiger partial charge in [-0.05, 0) is 45.0 Å². The van der Waals surface area contributed by atoms with Gasteiger partial charge in [0.15, 0.2) is 5.96 Å². The van der Waals surface area contributed by atoms with Crippen LogP contribution in [0.5, 0.6) is 0 Å². The highest BCUT2D eigenvalue weighted by atomic mass is 16.2. The molecule has 1 fully saturated rings. The van der Waals surface area contributed by atoms with Crippen molar-refractivity contribution in [2.24, 2.45) is 4.99 Å². The maximum Gasteiger partial charge on any atom is 0.253 e. The number of hydrogen-bond donors (Lipinski definition) is 2. The van der Waals surface area contributed by atoms with Gasteiger partial charge >= 0.3 is 0 Å². The summed E-state index contributed by atoms with van der Waals surface area (Å²) in [6.45, 7) is 11.2. The van der Waals surface area contributed by atoms with Crippen LogP contribution in [0.1, 0.15) is 29.8 Å². The molecule has 1 saturated heterocycles. The zero-order chi connectivity index (χ0) is 21.2. The lowest BCUT2D eigenvalue weighted by molar-refractivity contribution is 0.0827. The van der Waals surface area contributed by atoms with E-state index in [1.54, 1.807) is 19.0 Å². The molecule has 1 amide bonds. The largest absolute Gasteiger partial charge is 0.357 e. The van der Waals surface area contributed by atoms with E-state index in [2.05, 4.69) is 47.4 Å². The van der Waals surface area contributed by atoms with Crippen LogP contribution in [0.4, 0.5) is 0 Å². The Bertz CT molecular complexity index is 667. The molecule has 2 N–H and O–H groups in total. The average molecular weight is 403 g/mol. The van der Waals surface area contributed by atoms with E-state index in [0.717, 1.165) is 69.3 Å². The second-order valence-corrected chi connectivity index (χ2v) is 7.98. The van der Waals surface area contributed by atoms with Crippen molar-refractivity contribution in [2.45, 2.75) is 26.3 Å². The number of nitrogens with one attached hydrogen (secondary N) is 2. The Morgan fingerprint density at radius 3 is 2.59 bits per heavy atom.